The van der Waals surface area contributed by atoms with Crippen LogP contribution < -0.4 is 4.74 Å². The highest BCUT2D eigenvalue weighted by atomic mass is 35.5. The van der Waals surface area contributed by atoms with Crippen LogP contribution in [0.15, 0.2) is 54.6 Å². The molecule has 0 N–H and O–H groups in total. The Balaban J connectivity index is 2.19. The molecule has 4 heteroatoms. The number of hydrogen-bond donors (Lipinski definition) is 0. The second-order valence-corrected chi connectivity index (χ2v) is 3.88. The maximum atomic E-state index is 12.4. The average molecular weight is 255 g/mol. The molecule has 0 radical (unpaired) electrons. The molecule has 0 saturated heterocycles. The van der Waals surface area contributed by atoms with E-state index in [4.69, 9.17) is 0 Å². The minimum absolute atomic E-state index is 0.0321. The summed E-state index contributed by atoms with van der Waals surface area (Å²) in [5.74, 6) is 0.0321. The number of ether oxygens (including phenoxy) is 1. The van der Waals surface area contributed by atoms with Gasteiger partial charge in [0.15, 0.2) is 0 Å². The summed E-state index contributed by atoms with van der Waals surface area (Å²) >= 11 is 4.67. The van der Waals surface area contributed by atoms with Crippen LogP contribution in [0.4, 0.5) is 8.78 Å². The number of hydrogen-bond acceptors (Lipinski definition) is 1. The van der Waals surface area contributed by atoms with Crippen LogP contribution in [0.1, 0.15) is 0 Å². The second-order valence-electron chi connectivity index (χ2n) is 3.44. The van der Waals surface area contributed by atoms with Gasteiger partial charge in [-0.3, -0.25) is 0 Å². The molecule has 0 aliphatic rings. The van der Waals surface area contributed by atoms with Gasteiger partial charge in [-0.25, -0.2) is 0 Å². The first kappa shape index (κ1) is 11.9. The SMILES string of the molecule is FC(F)(Cl)Oc1ccc(-c2ccccc2)cc1. The summed E-state index contributed by atoms with van der Waals surface area (Å²) in [6.45, 7) is 0. The second kappa shape index (κ2) is 4.72. The van der Waals surface area contributed by atoms with Crippen molar-refractivity contribution < 1.29 is 13.5 Å². The molecule has 2 aromatic carbocycles. The van der Waals surface area contributed by atoms with E-state index >= 15 is 0 Å². The number of rotatable bonds is 3. The van der Waals surface area contributed by atoms with Crippen LogP contribution in [-0.2, 0) is 0 Å². The summed E-state index contributed by atoms with van der Waals surface area (Å²) in [5, 5.41) is 0. The maximum Gasteiger partial charge on any atom is 0.487 e. The third-order valence-electron chi connectivity index (χ3n) is 2.20. The average Bonchev–Trinajstić information content (AvgIpc) is 2.29. The largest absolute Gasteiger partial charge is 0.487 e. The molecule has 0 fully saturated rings. The van der Waals surface area contributed by atoms with E-state index in [0.29, 0.717) is 0 Å². The zero-order chi connectivity index (χ0) is 12.3. The van der Waals surface area contributed by atoms with Crippen LogP contribution in [0.2, 0.25) is 0 Å². The molecule has 0 amide bonds. The van der Waals surface area contributed by atoms with E-state index in [-0.39, 0.29) is 5.75 Å². The molecule has 0 aliphatic carbocycles. The van der Waals surface area contributed by atoms with Crippen LogP contribution in [0.25, 0.3) is 11.1 Å². The zero-order valence-electron chi connectivity index (χ0n) is 8.74. The minimum atomic E-state index is -3.67. The molecule has 88 valence electrons. The fourth-order valence-electron chi connectivity index (χ4n) is 1.48. The number of halogens is 3. The number of benzene rings is 2. The molecule has 0 unspecified atom stereocenters. The smallest absolute Gasteiger partial charge is 0.420 e. The van der Waals surface area contributed by atoms with Gasteiger partial charge in [0.25, 0.3) is 0 Å². The van der Waals surface area contributed by atoms with Crippen LogP contribution in [0.3, 0.4) is 0 Å². The maximum absolute atomic E-state index is 12.4. The van der Waals surface area contributed by atoms with Gasteiger partial charge in [-0.15, -0.1) is 8.78 Å². The first-order chi connectivity index (χ1) is 8.04. The van der Waals surface area contributed by atoms with Crippen molar-refractivity contribution in [2.45, 2.75) is 5.57 Å². The van der Waals surface area contributed by atoms with Crippen molar-refractivity contribution in [3.05, 3.63) is 54.6 Å². The Morgan fingerprint density at radius 2 is 1.35 bits per heavy atom. The fourth-order valence-corrected chi connectivity index (χ4v) is 1.57. The van der Waals surface area contributed by atoms with Crippen LogP contribution >= 0.6 is 11.6 Å². The predicted molar refractivity (Wildman–Crippen MR) is 63.3 cm³/mol. The van der Waals surface area contributed by atoms with Crippen molar-refractivity contribution in [3.8, 4) is 16.9 Å². The predicted octanol–water partition coefficient (Wildman–Crippen LogP) is 4.52. The molecule has 2 aromatic rings. The van der Waals surface area contributed by atoms with Crippen LogP contribution in [-0.4, -0.2) is 5.57 Å². The summed E-state index contributed by atoms with van der Waals surface area (Å²) < 4.78 is 29.0. The van der Waals surface area contributed by atoms with E-state index in [1.807, 2.05) is 30.3 Å². The summed E-state index contributed by atoms with van der Waals surface area (Å²) in [6.07, 6.45) is 0. The van der Waals surface area contributed by atoms with Crippen LogP contribution in [0, 0.1) is 0 Å². The van der Waals surface area contributed by atoms with Gasteiger partial charge in [0.2, 0.25) is 0 Å². The number of alkyl halides is 3. The third-order valence-corrected chi connectivity index (χ3v) is 2.27. The van der Waals surface area contributed by atoms with E-state index in [0.717, 1.165) is 11.1 Å². The van der Waals surface area contributed by atoms with Gasteiger partial charge < -0.3 is 4.74 Å². The van der Waals surface area contributed by atoms with Crippen molar-refractivity contribution in [2.24, 2.45) is 0 Å². The standard InChI is InChI=1S/C13H9ClF2O/c14-13(15,16)17-12-8-6-11(7-9-12)10-4-2-1-3-5-10/h1-9H. The molecule has 17 heavy (non-hydrogen) atoms. The first-order valence-electron chi connectivity index (χ1n) is 4.96. The highest BCUT2D eigenvalue weighted by Crippen LogP contribution is 2.27. The van der Waals surface area contributed by atoms with E-state index in [2.05, 4.69) is 16.3 Å². The molecule has 0 heterocycles. The molecule has 0 saturated carbocycles. The molecule has 0 bridgehead atoms. The lowest BCUT2D eigenvalue weighted by atomic mass is 10.1. The van der Waals surface area contributed by atoms with Crippen molar-refractivity contribution in [3.63, 3.8) is 0 Å². The molecule has 0 aromatic heterocycles. The highest BCUT2D eigenvalue weighted by Gasteiger charge is 2.27. The molecule has 0 atom stereocenters. The first-order valence-corrected chi connectivity index (χ1v) is 5.34. The molecule has 1 nitrogen and oxygen atoms in total. The molecule has 0 aliphatic heterocycles. The van der Waals surface area contributed by atoms with Crippen LogP contribution in [0.5, 0.6) is 5.75 Å². The van der Waals surface area contributed by atoms with Gasteiger partial charge in [0.1, 0.15) is 5.75 Å². The van der Waals surface area contributed by atoms with Gasteiger partial charge in [0, 0.05) is 11.6 Å². The topological polar surface area (TPSA) is 9.23 Å². The Labute approximate surface area is 103 Å². The van der Waals surface area contributed by atoms with Gasteiger partial charge >= 0.3 is 5.57 Å². The van der Waals surface area contributed by atoms with Crippen molar-refractivity contribution >= 4 is 11.6 Å². The Kier molecular flexibility index (Phi) is 3.29. The molecule has 0 spiro atoms. The van der Waals surface area contributed by atoms with E-state index in [1.165, 1.54) is 12.1 Å². The Bertz CT molecular complexity index is 477. The van der Waals surface area contributed by atoms with Gasteiger partial charge in [-0.2, -0.15) is 0 Å². The Morgan fingerprint density at radius 1 is 0.824 bits per heavy atom. The van der Waals surface area contributed by atoms with E-state index in [1.54, 1.807) is 12.1 Å². The lowest BCUT2D eigenvalue weighted by Crippen LogP contribution is -2.15. The highest BCUT2D eigenvalue weighted by molar-refractivity contribution is 6.20. The summed E-state index contributed by atoms with van der Waals surface area (Å²) in [5.41, 5.74) is -1.73. The quantitative estimate of drug-likeness (QED) is 0.732. The van der Waals surface area contributed by atoms with E-state index in [9.17, 15) is 8.78 Å². The van der Waals surface area contributed by atoms with Crippen molar-refractivity contribution in [1.29, 1.82) is 0 Å². The van der Waals surface area contributed by atoms with Crippen molar-refractivity contribution in [2.75, 3.05) is 0 Å². The fraction of sp³-hybridized carbons (Fsp3) is 0.0769. The van der Waals surface area contributed by atoms with E-state index < -0.39 is 5.57 Å². The van der Waals surface area contributed by atoms with Gasteiger partial charge in [-0.1, -0.05) is 42.5 Å². The monoisotopic (exact) mass is 254 g/mol. The zero-order valence-corrected chi connectivity index (χ0v) is 9.49. The molecular weight excluding hydrogens is 246 g/mol. The Morgan fingerprint density at radius 3 is 1.88 bits per heavy atom. The van der Waals surface area contributed by atoms with Gasteiger partial charge in [-0.05, 0) is 23.3 Å². The summed E-state index contributed by atoms with van der Waals surface area (Å²) in [7, 11) is 0. The Hall–Kier alpha value is -1.61. The van der Waals surface area contributed by atoms with Crippen molar-refractivity contribution in [1.82, 2.24) is 0 Å². The minimum Gasteiger partial charge on any atom is -0.420 e. The normalized spacial score (nSPS) is 11.2. The lowest BCUT2D eigenvalue weighted by Gasteiger charge is -2.10. The van der Waals surface area contributed by atoms with Gasteiger partial charge in [0.05, 0.1) is 0 Å². The molecular formula is C13H9ClF2O. The third kappa shape index (κ3) is 3.43. The summed E-state index contributed by atoms with van der Waals surface area (Å²) in [4.78, 5) is 0. The molecule has 2 rings (SSSR count). The summed E-state index contributed by atoms with van der Waals surface area (Å²) in [6, 6.07) is 15.9. The lowest BCUT2D eigenvalue weighted by molar-refractivity contribution is -0.0964.